The van der Waals surface area contributed by atoms with Gasteiger partial charge in [-0.2, -0.15) is 17.6 Å². The van der Waals surface area contributed by atoms with Gasteiger partial charge in [0.25, 0.3) is 11.8 Å². The summed E-state index contributed by atoms with van der Waals surface area (Å²) in [6, 6.07) is 4.25. The molecule has 0 aliphatic carbocycles. The number of hydrogen-bond acceptors (Lipinski definition) is 7. The second-order valence-corrected chi connectivity index (χ2v) is 9.98. The molecule has 2 amide bonds. The monoisotopic (exact) mass is 686 g/mol. The van der Waals surface area contributed by atoms with Crippen molar-refractivity contribution in [3.05, 3.63) is 53.4 Å². The molecule has 15 heteroatoms. The molecular weight excluding hydrogens is 658 g/mol. The molecule has 4 atom stereocenters. The van der Waals surface area contributed by atoms with Crippen LogP contribution in [0, 0.1) is 17.6 Å². The highest BCUT2D eigenvalue weighted by molar-refractivity contribution is 14.1. The third-order valence-electron chi connectivity index (χ3n) is 6.68. The second kappa shape index (κ2) is 13.4. The van der Waals surface area contributed by atoms with Gasteiger partial charge in [-0.15, -0.1) is 0 Å². The van der Waals surface area contributed by atoms with Crippen LogP contribution in [0.15, 0.2) is 30.5 Å². The number of carbonyl (C=O) groups excluding carboxylic acids is 2. The minimum absolute atomic E-state index is 0.00177. The zero-order valence-corrected chi connectivity index (χ0v) is 23.6. The third kappa shape index (κ3) is 6.98. The predicted molar refractivity (Wildman–Crippen MR) is 142 cm³/mol. The Hall–Kier alpha value is -2.63. The lowest BCUT2D eigenvalue weighted by atomic mass is 9.77. The van der Waals surface area contributed by atoms with Crippen LogP contribution in [0.4, 0.5) is 27.6 Å². The maximum Gasteiger partial charge on any atom is 0.417 e. The van der Waals surface area contributed by atoms with Crippen LogP contribution in [0.25, 0.3) is 0 Å². The van der Waals surface area contributed by atoms with Crippen molar-refractivity contribution in [1.29, 1.82) is 0 Å². The van der Waals surface area contributed by atoms with E-state index in [0.29, 0.717) is 19.6 Å². The molecule has 0 bridgehead atoms. The van der Waals surface area contributed by atoms with E-state index in [4.69, 9.17) is 19.9 Å². The molecule has 3 rings (SSSR count). The number of alkyl halides is 3. The molecular formula is C25H28F5IN4O5. The SMILES string of the molecule is C[C@H]1[C@@H](c2ccc(F)c(F)c2OCCOCCCNI)[C@H](C(=O)Nc2ccnc(C(N)=O)c2)O[C@@]1(C)C(F)(F)F. The fourth-order valence-corrected chi connectivity index (χ4v) is 4.76. The number of ether oxygens (including phenoxy) is 3. The standard InChI is InChI=1S/C25H28F5IN4O5/c1-13-18(15-4-5-16(26)19(27)20(15)39-11-10-38-9-3-7-34-31)21(40-24(13,2)25(28,29)30)23(37)35-14-6-8-33-17(12-14)22(32)36/h4-6,8,12-13,18,21,34H,3,7,9-11H2,1-2H3,(H2,32,36)(H,33,35,37)/t13-,18-,21+,24+/m0/s1. The molecule has 1 aromatic heterocycles. The van der Waals surface area contributed by atoms with Crippen LogP contribution < -0.4 is 19.3 Å². The lowest BCUT2D eigenvalue weighted by molar-refractivity contribution is -0.272. The smallest absolute Gasteiger partial charge is 0.417 e. The lowest BCUT2D eigenvalue weighted by Gasteiger charge is -2.32. The second-order valence-electron chi connectivity index (χ2n) is 9.22. The van der Waals surface area contributed by atoms with Crippen LogP contribution in [-0.4, -0.2) is 61.0 Å². The van der Waals surface area contributed by atoms with E-state index in [2.05, 4.69) is 13.8 Å². The highest BCUT2D eigenvalue weighted by Crippen LogP contribution is 2.55. The van der Waals surface area contributed by atoms with Crippen molar-refractivity contribution in [3.63, 3.8) is 0 Å². The molecule has 1 aliphatic heterocycles. The Labute approximate surface area is 240 Å². The lowest BCUT2D eigenvalue weighted by Crippen LogP contribution is -2.47. The highest BCUT2D eigenvalue weighted by atomic mass is 127. The van der Waals surface area contributed by atoms with Gasteiger partial charge in [0.05, 0.1) is 6.61 Å². The summed E-state index contributed by atoms with van der Waals surface area (Å²) < 4.78 is 90.9. The van der Waals surface area contributed by atoms with Crippen molar-refractivity contribution in [1.82, 2.24) is 8.51 Å². The van der Waals surface area contributed by atoms with Crippen molar-refractivity contribution in [2.75, 3.05) is 31.7 Å². The first kappa shape index (κ1) is 31.9. The van der Waals surface area contributed by atoms with E-state index in [1.165, 1.54) is 19.2 Å². The van der Waals surface area contributed by atoms with Crippen molar-refractivity contribution >= 4 is 40.4 Å². The van der Waals surface area contributed by atoms with Crippen LogP contribution in [0.5, 0.6) is 5.75 Å². The summed E-state index contributed by atoms with van der Waals surface area (Å²) in [5.41, 5.74) is 2.02. The Morgan fingerprint density at radius 1 is 1.20 bits per heavy atom. The molecule has 0 unspecified atom stereocenters. The van der Waals surface area contributed by atoms with Gasteiger partial charge in [-0.25, -0.2) is 4.39 Å². The molecule has 40 heavy (non-hydrogen) atoms. The summed E-state index contributed by atoms with van der Waals surface area (Å²) in [4.78, 5) is 28.5. The van der Waals surface area contributed by atoms with Crippen molar-refractivity contribution in [2.24, 2.45) is 11.7 Å². The van der Waals surface area contributed by atoms with Crippen molar-refractivity contribution in [3.8, 4) is 5.75 Å². The van der Waals surface area contributed by atoms with Crippen LogP contribution in [0.1, 0.15) is 42.2 Å². The molecule has 1 saturated heterocycles. The number of halogens is 6. The summed E-state index contributed by atoms with van der Waals surface area (Å²) >= 11 is 1.98. The number of aromatic nitrogens is 1. The van der Waals surface area contributed by atoms with Gasteiger partial charge >= 0.3 is 6.18 Å². The number of benzene rings is 1. The van der Waals surface area contributed by atoms with Gasteiger partial charge in [0.1, 0.15) is 18.4 Å². The maximum atomic E-state index is 15.0. The molecule has 0 radical (unpaired) electrons. The van der Waals surface area contributed by atoms with E-state index < -0.39 is 58.9 Å². The van der Waals surface area contributed by atoms with Gasteiger partial charge in [0, 0.05) is 65.3 Å². The van der Waals surface area contributed by atoms with Gasteiger partial charge in [0.15, 0.2) is 17.2 Å². The van der Waals surface area contributed by atoms with E-state index >= 15 is 0 Å². The quantitative estimate of drug-likeness (QED) is 0.132. The first-order valence-electron chi connectivity index (χ1n) is 12.1. The number of rotatable bonds is 12. The van der Waals surface area contributed by atoms with Crippen LogP contribution >= 0.6 is 22.9 Å². The number of anilines is 1. The van der Waals surface area contributed by atoms with Gasteiger partial charge in [-0.05, 0) is 31.5 Å². The average Bonchev–Trinajstić information content (AvgIpc) is 3.17. The maximum absolute atomic E-state index is 15.0. The average molecular weight is 686 g/mol. The highest BCUT2D eigenvalue weighted by Gasteiger charge is 2.66. The number of pyridine rings is 1. The molecule has 220 valence electrons. The fraction of sp³-hybridized carbons (Fsp3) is 0.480. The molecule has 1 aromatic carbocycles. The number of nitrogens with two attached hydrogens (primary N) is 1. The van der Waals surface area contributed by atoms with E-state index in [-0.39, 0.29) is 30.2 Å². The molecule has 0 spiro atoms. The Bertz CT molecular complexity index is 1220. The van der Waals surface area contributed by atoms with E-state index in [1.54, 1.807) is 0 Å². The van der Waals surface area contributed by atoms with Crippen LogP contribution in [-0.2, 0) is 14.3 Å². The number of carbonyl (C=O) groups is 2. The minimum Gasteiger partial charge on any atom is -0.488 e. The number of nitrogens with one attached hydrogen (secondary N) is 2. The topological polar surface area (TPSA) is 125 Å². The summed E-state index contributed by atoms with van der Waals surface area (Å²) in [5, 5.41) is 2.40. The van der Waals surface area contributed by atoms with Crippen molar-refractivity contribution in [2.45, 2.75) is 44.1 Å². The summed E-state index contributed by atoms with van der Waals surface area (Å²) in [5.74, 6) is -8.10. The Morgan fingerprint density at radius 2 is 1.93 bits per heavy atom. The zero-order valence-electron chi connectivity index (χ0n) is 21.5. The Morgan fingerprint density at radius 3 is 2.58 bits per heavy atom. The summed E-state index contributed by atoms with van der Waals surface area (Å²) in [7, 11) is 0. The third-order valence-corrected chi connectivity index (χ3v) is 7.22. The Balaban J connectivity index is 1.95. The Kier molecular flexibility index (Phi) is 10.6. The number of amides is 2. The van der Waals surface area contributed by atoms with E-state index in [1.807, 2.05) is 22.9 Å². The predicted octanol–water partition coefficient (Wildman–Crippen LogP) is 4.26. The molecule has 1 aliphatic rings. The molecule has 2 aromatic rings. The number of primary amides is 1. The van der Waals surface area contributed by atoms with E-state index in [9.17, 15) is 31.5 Å². The largest absolute Gasteiger partial charge is 0.488 e. The van der Waals surface area contributed by atoms with Gasteiger partial charge < -0.3 is 25.3 Å². The number of nitrogens with zero attached hydrogens (tertiary/aromatic N) is 1. The normalized spacial score (nSPS) is 22.8. The molecule has 1 fully saturated rings. The first-order valence-corrected chi connectivity index (χ1v) is 13.2. The molecule has 2 heterocycles. The molecule has 0 saturated carbocycles. The summed E-state index contributed by atoms with van der Waals surface area (Å²) in [6.07, 6.45) is -4.87. The number of hydrogen-bond donors (Lipinski definition) is 3. The van der Waals surface area contributed by atoms with Crippen molar-refractivity contribution < 1.29 is 45.8 Å². The van der Waals surface area contributed by atoms with E-state index in [0.717, 1.165) is 25.1 Å². The first-order chi connectivity index (χ1) is 18.8. The van der Waals surface area contributed by atoms with Gasteiger partial charge in [0.2, 0.25) is 5.82 Å². The van der Waals surface area contributed by atoms with Crippen LogP contribution in [0.3, 0.4) is 0 Å². The van der Waals surface area contributed by atoms with Gasteiger partial charge in [-0.3, -0.25) is 18.1 Å². The minimum atomic E-state index is -4.92. The fourth-order valence-electron chi connectivity index (χ4n) is 4.38. The van der Waals surface area contributed by atoms with Gasteiger partial charge in [-0.1, -0.05) is 13.0 Å². The molecule has 4 N–H and O–H groups in total. The molecule has 9 nitrogen and oxygen atoms in total. The zero-order chi connectivity index (χ0) is 29.7. The summed E-state index contributed by atoms with van der Waals surface area (Å²) in [6.45, 7) is 2.82. The van der Waals surface area contributed by atoms with Crippen LogP contribution in [0.2, 0.25) is 0 Å².